The molecular weight excluding hydrogens is 342 g/mol. The van der Waals surface area contributed by atoms with Gasteiger partial charge in [0.05, 0.1) is 11.3 Å². The summed E-state index contributed by atoms with van der Waals surface area (Å²) in [5.41, 5.74) is 6.91. The van der Waals surface area contributed by atoms with E-state index in [1.807, 2.05) is 38.1 Å². The second-order valence-electron chi connectivity index (χ2n) is 3.55. The van der Waals surface area contributed by atoms with Crippen molar-refractivity contribution in [2.45, 2.75) is 13.8 Å². The number of carbonyl (C=O) groups is 1. The summed E-state index contributed by atoms with van der Waals surface area (Å²) in [5, 5.41) is 3.37. The van der Waals surface area contributed by atoms with E-state index < -0.39 is 5.91 Å². The Morgan fingerprint density at radius 1 is 1.35 bits per heavy atom. The molecule has 6 heteroatoms. The molecule has 0 spiro atoms. The number of nitrogens with one attached hydrogen (secondary N) is 1. The Hall–Kier alpha value is -1.59. The molecule has 0 atom stereocenters. The average Bonchev–Trinajstić information content (AvgIpc) is 2.40. The first kappa shape index (κ1) is 16.5. The number of hydrogen-bond donors (Lipinski definition) is 2. The van der Waals surface area contributed by atoms with Crippen molar-refractivity contribution in [1.29, 1.82) is 0 Å². The normalized spacial score (nSPS) is 9.40. The minimum absolute atomic E-state index is 0.289. The Kier molecular flexibility index (Phi) is 6.48. The molecule has 4 nitrogen and oxygen atoms in total. The van der Waals surface area contributed by atoms with E-state index in [9.17, 15) is 4.79 Å². The van der Waals surface area contributed by atoms with Crippen LogP contribution in [-0.2, 0) is 0 Å². The second kappa shape index (κ2) is 7.87. The molecule has 0 saturated heterocycles. The number of nitrogens with zero attached hydrogens (tertiary/aromatic N) is 1. The van der Waals surface area contributed by atoms with E-state index in [2.05, 4.69) is 26.2 Å². The minimum atomic E-state index is -0.559. The van der Waals surface area contributed by atoms with Crippen molar-refractivity contribution >= 4 is 44.8 Å². The van der Waals surface area contributed by atoms with Crippen LogP contribution in [0.4, 0.5) is 11.4 Å². The highest BCUT2D eigenvalue weighted by molar-refractivity contribution is 9.10. The highest BCUT2D eigenvalue weighted by Crippen LogP contribution is 2.24. The summed E-state index contributed by atoms with van der Waals surface area (Å²) in [4.78, 5) is 15.1. The van der Waals surface area contributed by atoms with E-state index in [-0.39, 0.29) is 5.15 Å². The van der Waals surface area contributed by atoms with E-state index in [1.165, 1.54) is 6.20 Å². The summed E-state index contributed by atoms with van der Waals surface area (Å²) in [6.45, 7) is 4.00. The maximum atomic E-state index is 11.3. The Balaban J connectivity index is 0.000000956. The average molecular weight is 357 g/mol. The van der Waals surface area contributed by atoms with E-state index >= 15 is 0 Å². The summed E-state index contributed by atoms with van der Waals surface area (Å²) in [6.07, 6.45) is 1.35. The number of anilines is 2. The van der Waals surface area contributed by atoms with Crippen molar-refractivity contribution < 1.29 is 4.79 Å². The van der Waals surface area contributed by atoms with Gasteiger partial charge >= 0.3 is 0 Å². The van der Waals surface area contributed by atoms with Gasteiger partial charge in [0, 0.05) is 16.4 Å². The lowest BCUT2D eigenvalue weighted by molar-refractivity contribution is 0.100. The van der Waals surface area contributed by atoms with Gasteiger partial charge in [0.2, 0.25) is 0 Å². The number of aromatic nitrogens is 1. The molecular formula is C14H15BrClN3O. The van der Waals surface area contributed by atoms with Gasteiger partial charge in [0.25, 0.3) is 5.91 Å². The Morgan fingerprint density at radius 3 is 2.65 bits per heavy atom. The molecule has 20 heavy (non-hydrogen) atoms. The Labute approximate surface area is 131 Å². The highest BCUT2D eigenvalue weighted by Gasteiger charge is 2.10. The minimum Gasteiger partial charge on any atom is -0.365 e. The molecule has 0 bridgehead atoms. The summed E-state index contributed by atoms with van der Waals surface area (Å²) >= 11 is 9.17. The summed E-state index contributed by atoms with van der Waals surface area (Å²) in [6, 6.07) is 9.07. The quantitative estimate of drug-likeness (QED) is 0.803. The number of carbonyl (C=O) groups excluding carboxylic acids is 1. The molecule has 3 N–H and O–H groups in total. The molecule has 0 fully saturated rings. The molecule has 0 unspecified atom stereocenters. The van der Waals surface area contributed by atoms with E-state index in [0.29, 0.717) is 11.3 Å². The zero-order chi connectivity index (χ0) is 15.1. The number of benzene rings is 1. The zero-order valence-corrected chi connectivity index (χ0v) is 13.5. The maximum Gasteiger partial charge on any atom is 0.252 e. The molecule has 0 aliphatic carbocycles. The summed E-state index contributed by atoms with van der Waals surface area (Å²) < 4.78 is 0.924. The van der Waals surface area contributed by atoms with E-state index in [0.717, 1.165) is 10.2 Å². The lowest BCUT2D eigenvalue weighted by atomic mass is 10.2. The van der Waals surface area contributed by atoms with Gasteiger partial charge in [-0.25, -0.2) is 4.98 Å². The SMILES string of the molecule is CC.NC(=O)c1cnc(Cl)cc1Nc1cccc(Br)c1. The van der Waals surface area contributed by atoms with Crippen molar-refractivity contribution in [3.8, 4) is 0 Å². The summed E-state index contributed by atoms with van der Waals surface area (Å²) in [5.74, 6) is -0.559. The third-order valence-electron chi connectivity index (χ3n) is 2.24. The highest BCUT2D eigenvalue weighted by atomic mass is 79.9. The van der Waals surface area contributed by atoms with Crippen molar-refractivity contribution in [2.75, 3.05) is 5.32 Å². The van der Waals surface area contributed by atoms with Crippen LogP contribution in [0.1, 0.15) is 24.2 Å². The van der Waals surface area contributed by atoms with Crippen LogP contribution in [-0.4, -0.2) is 10.9 Å². The standard InChI is InChI=1S/C12H9BrClN3O.C2H6/c13-7-2-1-3-8(4-7)17-10-5-11(14)16-6-9(10)12(15)18;1-2/h1-6H,(H2,15,18)(H,16,17);1-2H3. The lowest BCUT2D eigenvalue weighted by Gasteiger charge is -2.10. The number of rotatable bonds is 3. The van der Waals surface area contributed by atoms with Crippen LogP contribution >= 0.6 is 27.5 Å². The van der Waals surface area contributed by atoms with Gasteiger partial charge in [-0.15, -0.1) is 0 Å². The van der Waals surface area contributed by atoms with Crippen LogP contribution < -0.4 is 11.1 Å². The number of amides is 1. The molecule has 0 aliphatic heterocycles. The van der Waals surface area contributed by atoms with E-state index in [4.69, 9.17) is 17.3 Å². The van der Waals surface area contributed by atoms with Crippen molar-refractivity contribution in [2.24, 2.45) is 5.73 Å². The van der Waals surface area contributed by atoms with Crippen LogP contribution in [0.2, 0.25) is 5.15 Å². The first-order valence-electron chi connectivity index (χ1n) is 6.04. The lowest BCUT2D eigenvalue weighted by Crippen LogP contribution is -2.13. The molecule has 0 radical (unpaired) electrons. The molecule has 1 aromatic heterocycles. The molecule has 2 rings (SSSR count). The number of halogens is 2. The van der Waals surface area contributed by atoms with Crippen molar-refractivity contribution in [1.82, 2.24) is 4.98 Å². The molecule has 1 amide bonds. The predicted molar refractivity (Wildman–Crippen MR) is 86.5 cm³/mol. The van der Waals surface area contributed by atoms with Gasteiger partial charge in [-0.3, -0.25) is 4.79 Å². The topological polar surface area (TPSA) is 68.0 Å². The number of primary amides is 1. The third-order valence-corrected chi connectivity index (χ3v) is 2.94. The van der Waals surface area contributed by atoms with Gasteiger partial charge in [0.15, 0.2) is 0 Å². The first-order valence-corrected chi connectivity index (χ1v) is 7.21. The van der Waals surface area contributed by atoms with Crippen molar-refractivity contribution in [3.63, 3.8) is 0 Å². The molecule has 0 saturated carbocycles. The van der Waals surface area contributed by atoms with E-state index in [1.54, 1.807) is 6.07 Å². The number of nitrogens with two attached hydrogens (primary N) is 1. The third kappa shape index (κ3) is 4.51. The van der Waals surface area contributed by atoms with Gasteiger partial charge in [0.1, 0.15) is 5.15 Å². The van der Waals surface area contributed by atoms with Crippen LogP contribution in [0, 0.1) is 0 Å². The summed E-state index contributed by atoms with van der Waals surface area (Å²) in [7, 11) is 0. The maximum absolute atomic E-state index is 11.3. The monoisotopic (exact) mass is 355 g/mol. The smallest absolute Gasteiger partial charge is 0.252 e. The van der Waals surface area contributed by atoms with Gasteiger partial charge in [-0.1, -0.05) is 47.4 Å². The number of pyridine rings is 1. The largest absolute Gasteiger partial charge is 0.365 e. The van der Waals surface area contributed by atoms with Crippen LogP contribution in [0.3, 0.4) is 0 Å². The predicted octanol–water partition coefficient (Wildman–Crippen LogP) is 4.37. The van der Waals surface area contributed by atoms with Gasteiger partial charge in [-0.05, 0) is 24.3 Å². The van der Waals surface area contributed by atoms with Crippen LogP contribution in [0.5, 0.6) is 0 Å². The van der Waals surface area contributed by atoms with Crippen LogP contribution in [0.15, 0.2) is 41.0 Å². The fraction of sp³-hybridized carbons (Fsp3) is 0.143. The molecule has 106 valence electrons. The molecule has 2 aromatic rings. The molecule has 1 heterocycles. The fourth-order valence-corrected chi connectivity index (χ4v) is 2.01. The molecule has 0 aliphatic rings. The van der Waals surface area contributed by atoms with Crippen molar-refractivity contribution in [3.05, 3.63) is 51.7 Å². The fourth-order valence-electron chi connectivity index (χ4n) is 1.45. The van der Waals surface area contributed by atoms with Gasteiger partial charge in [-0.2, -0.15) is 0 Å². The molecule has 1 aromatic carbocycles. The van der Waals surface area contributed by atoms with Gasteiger partial charge < -0.3 is 11.1 Å². The Bertz CT molecular complexity index is 605. The number of hydrogen-bond acceptors (Lipinski definition) is 3. The first-order chi connectivity index (χ1) is 9.56. The Morgan fingerprint density at radius 2 is 2.05 bits per heavy atom. The zero-order valence-electron chi connectivity index (χ0n) is 11.2. The van der Waals surface area contributed by atoms with Crippen LogP contribution in [0.25, 0.3) is 0 Å². The second-order valence-corrected chi connectivity index (χ2v) is 4.86.